The Kier molecular flexibility index (Phi) is 3.83. The molecule has 2 aliphatic rings. The topological polar surface area (TPSA) is 55.4 Å². The van der Waals surface area contributed by atoms with Crippen molar-refractivity contribution in [3.63, 3.8) is 0 Å². The van der Waals surface area contributed by atoms with Crippen LogP contribution in [-0.4, -0.2) is 23.9 Å². The van der Waals surface area contributed by atoms with Crippen molar-refractivity contribution in [2.45, 2.75) is 19.8 Å². The summed E-state index contributed by atoms with van der Waals surface area (Å²) in [7, 11) is 1.37. The van der Waals surface area contributed by atoms with Crippen LogP contribution in [0, 0.1) is 6.92 Å². The van der Waals surface area contributed by atoms with E-state index in [1.54, 1.807) is 0 Å². The highest BCUT2D eigenvalue weighted by Crippen LogP contribution is 2.45. The molecule has 4 nitrogen and oxygen atoms in total. The summed E-state index contributed by atoms with van der Waals surface area (Å²) in [6, 6.07) is 7.85. The van der Waals surface area contributed by atoms with Gasteiger partial charge in [-0.2, -0.15) is 0 Å². The summed E-state index contributed by atoms with van der Waals surface area (Å²) in [4.78, 5) is 24.7. The Morgan fingerprint density at radius 1 is 1.32 bits per heavy atom. The third-order valence-corrected chi connectivity index (χ3v) is 5.03. The molecule has 5 heteroatoms. The molecule has 1 atom stereocenters. The molecule has 22 heavy (non-hydrogen) atoms. The number of allylic oxidation sites excluding steroid dienone is 1. The van der Waals surface area contributed by atoms with Crippen molar-refractivity contribution in [2.75, 3.05) is 12.9 Å². The van der Waals surface area contributed by atoms with Crippen molar-refractivity contribution in [3.8, 4) is 0 Å². The van der Waals surface area contributed by atoms with Gasteiger partial charge in [-0.15, -0.1) is 0 Å². The van der Waals surface area contributed by atoms with E-state index >= 15 is 0 Å². The zero-order valence-electron chi connectivity index (χ0n) is 12.7. The lowest BCUT2D eigenvalue weighted by atomic mass is 9.79. The molecular weight excluding hydrogens is 298 g/mol. The van der Waals surface area contributed by atoms with E-state index in [-0.39, 0.29) is 11.0 Å². The first-order valence-electron chi connectivity index (χ1n) is 7.06. The lowest BCUT2D eigenvalue weighted by Crippen LogP contribution is -2.30. The summed E-state index contributed by atoms with van der Waals surface area (Å²) in [6.07, 6.45) is 0. The predicted octanol–water partition coefficient (Wildman–Crippen LogP) is 2.66. The van der Waals surface area contributed by atoms with Crippen LogP contribution in [0.2, 0.25) is 0 Å². The molecule has 0 saturated carbocycles. The quantitative estimate of drug-likeness (QED) is 0.850. The van der Waals surface area contributed by atoms with Crippen LogP contribution >= 0.6 is 11.8 Å². The summed E-state index contributed by atoms with van der Waals surface area (Å²) >= 11 is 1.28. The van der Waals surface area contributed by atoms with Crippen molar-refractivity contribution in [3.05, 3.63) is 57.9 Å². The third kappa shape index (κ3) is 2.25. The molecule has 3 rings (SSSR count). The van der Waals surface area contributed by atoms with Gasteiger partial charge in [-0.1, -0.05) is 36.0 Å². The Bertz CT molecular complexity index is 733. The van der Waals surface area contributed by atoms with Gasteiger partial charge in [0, 0.05) is 28.6 Å². The number of ether oxygens (including phenoxy) is 1. The Hall–Kier alpha value is -2.01. The Morgan fingerprint density at radius 2 is 2.05 bits per heavy atom. The molecular formula is C17H17NO3S. The van der Waals surface area contributed by atoms with Crippen molar-refractivity contribution in [1.82, 2.24) is 5.32 Å². The van der Waals surface area contributed by atoms with Crippen LogP contribution in [0.25, 0.3) is 0 Å². The molecule has 1 aromatic carbocycles. The Balaban J connectivity index is 2.22. The SMILES string of the molecule is COC(=O)C1=C(C)NC2=C(C(=O)SC2)C1c1ccccc1C. The number of esters is 1. The number of hydrogen-bond acceptors (Lipinski definition) is 5. The largest absolute Gasteiger partial charge is 0.466 e. The van der Waals surface area contributed by atoms with E-state index < -0.39 is 5.97 Å². The number of carbonyl (C=O) groups excluding carboxylic acids is 2. The highest BCUT2D eigenvalue weighted by molar-refractivity contribution is 8.14. The van der Waals surface area contributed by atoms with Gasteiger partial charge in [0.1, 0.15) is 0 Å². The van der Waals surface area contributed by atoms with Crippen LogP contribution in [0.3, 0.4) is 0 Å². The lowest BCUT2D eigenvalue weighted by molar-refractivity contribution is -0.136. The zero-order chi connectivity index (χ0) is 15.9. The Labute approximate surface area is 133 Å². The number of thioether (sulfide) groups is 1. The van der Waals surface area contributed by atoms with Gasteiger partial charge in [0.15, 0.2) is 0 Å². The molecule has 0 fully saturated rings. The first-order valence-corrected chi connectivity index (χ1v) is 8.05. The van der Waals surface area contributed by atoms with E-state index in [4.69, 9.17) is 4.74 Å². The molecule has 114 valence electrons. The third-order valence-electron chi connectivity index (χ3n) is 4.12. The number of methoxy groups -OCH3 is 1. The molecule has 0 bridgehead atoms. The van der Waals surface area contributed by atoms with Gasteiger partial charge in [-0.25, -0.2) is 4.79 Å². The second kappa shape index (κ2) is 5.65. The van der Waals surface area contributed by atoms with Gasteiger partial charge >= 0.3 is 5.97 Å². The summed E-state index contributed by atoms with van der Waals surface area (Å²) < 4.78 is 4.96. The standard InChI is InChI=1S/C17H17NO3S/c1-9-6-4-5-7-11(9)14-13(16(19)21-3)10(2)18-12-8-22-17(20)15(12)14/h4-7,14,18H,8H2,1-3H3. The molecule has 2 aliphatic heterocycles. The van der Waals surface area contributed by atoms with Gasteiger partial charge < -0.3 is 10.1 Å². The fourth-order valence-corrected chi connectivity index (χ4v) is 3.97. The van der Waals surface area contributed by atoms with E-state index in [9.17, 15) is 9.59 Å². The number of aryl methyl sites for hydroxylation is 1. The van der Waals surface area contributed by atoms with E-state index in [1.807, 2.05) is 38.1 Å². The van der Waals surface area contributed by atoms with Crippen LogP contribution in [-0.2, 0) is 14.3 Å². The molecule has 0 amide bonds. The predicted molar refractivity (Wildman–Crippen MR) is 86.3 cm³/mol. The number of rotatable bonds is 2. The summed E-state index contributed by atoms with van der Waals surface area (Å²) in [5, 5.41) is 3.24. The molecule has 1 N–H and O–H groups in total. The van der Waals surface area contributed by atoms with E-state index in [1.165, 1.54) is 18.9 Å². The maximum Gasteiger partial charge on any atom is 0.336 e. The summed E-state index contributed by atoms with van der Waals surface area (Å²) in [5.41, 5.74) is 4.91. The zero-order valence-corrected chi connectivity index (χ0v) is 13.5. The second-order valence-corrected chi connectivity index (χ2v) is 6.36. The van der Waals surface area contributed by atoms with Gasteiger partial charge in [0.05, 0.1) is 12.7 Å². The maximum atomic E-state index is 12.4. The van der Waals surface area contributed by atoms with E-state index in [2.05, 4.69) is 5.32 Å². The number of dihydropyridines is 1. The average molecular weight is 315 g/mol. The van der Waals surface area contributed by atoms with Crippen LogP contribution in [0.15, 0.2) is 46.8 Å². The highest BCUT2D eigenvalue weighted by atomic mass is 32.2. The number of nitrogens with one attached hydrogen (secondary N) is 1. The highest BCUT2D eigenvalue weighted by Gasteiger charge is 2.41. The first-order chi connectivity index (χ1) is 10.5. The van der Waals surface area contributed by atoms with Crippen molar-refractivity contribution in [1.29, 1.82) is 0 Å². The Morgan fingerprint density at radius 3 is 2.73 bits per heavy atom. The smallest absolute Gasteiger partial charge is 0.336 e. The molecule has 0 saturated heterocycles. The molecule has 0 spiro atoms. The lowest BCUT2D eigenvalue weighted by Gasteiger charge is -2.29. The first kappa shape index (κ1) is 14.9. The van der Waals surface area contributed by atoms with E-state index in [0.29, 0.717) is 16.9 Å². The van der Waals surface area contributed by atoms with Crippen LogP contribution < -0.4 is 5.32 Å². The molecule has 1 aromatic rings. The second-order valence-electron chi connectivity index (χ2n) is 5.41. The van der Waals surface area contributed by atoms with Gasteiger partial charge in [0.2, 0.25) is 5.12 Å². The molecule has 2 heterocycles. The minimum atomic E-state index is -0.394. The number of carbonyl (C=O) groups is 2. The fraction of sp³-hybridized carbons (Fsp3) is 0.294. The molecule has 0 aliphatic carbocycles. The van der Waals surface area contributed by atoms with Crippen LogP contribution in [0.1, 0.15) is 24.0 Å². The van der Waals surface area contributed by atoms with Crippen LogP contribution in [0.5, 0.6) is 0 Å². The maximum absolute atomic E-state index is 12.4. The molecule has 0 aromatic heterocycles. The minimum Gasteiger partial charge on any atom is -0.466 e. The molecule has 1 unspecified atom stereocenters. The van der Waals surface area contributed by atoms with Gasteiger partial charge in [-0.05, 0) is 25.0 Å². The van der Waals surface area contributed by atoms with Crippen molar-refractivity contribution in [2.24, 2.45) is 0 Å². The summed E-state index contributed by atoms with van der Waals surface area (Å²) in [6.45, 7) is 3.85. The minimum absolute atomic E-state index is 0.0321. The van der Waals surface area contributed by atoms with Crippen LogP contribution in [0.4, 0.5) is 0 Å². The molecule has 0 radical (unpaired) electrons. The fourth-order valence-electron chi connectivity index (χ4n) is 3.07. The number of hydrogen-bond donors (Lipinski definition) is 1. The van der Waals surface area contributed by atoms with E-state index in [0.717, 1.165) is 22.5 Å². The van der Waals surface area contributed by atoms with Crippen molar-refractivity contribution >= 4 is 22.8 Å². The van der Waals surface area contributed by atoms with Crippen molar-refractivity contribution < 1.29 is 14.3 Å². The average Bonchev–Trinajstić information content (AvgIpc) is 2.87. The normalized spacial score (nSPS) is 20.9. The monoisotopic (exact) mass is 315 g/mol. The van der Waals surface area contributed by atoms with Gasteiger partial charge in [0.25, 0.3) is 0 Å². The van der Waals surface area contributed by atoms with Gasteiger partial charge in [-0.3, -0.25) is 4.79 Å². The summed E-state index contributed by atoms with van der Waals surface area (Å²) in [5.74, 6) is -0.121. The number of benzene rings is 1.